The van der Waals surface area contributed by atoms with Gasteiger partial charge in [0.15, 0.2) is 0 Å². The Labute approximate surface area is 138 Å². The Hall–Kier alpha value is -0.710. The van der Waals surface area contributed by atoms with Gasteiger partial charge in [-0.15, -0.1) is 24.2 Å². The van der Waals surface area contributed by atoms with Crippen molar-refractivity contribution in [3.8, 4) is 0 Å². The topological polar surface area (TPSA) is 41.1 Å². The molecule has 1 aliphatic rings. The Morgan fingerprint density at radius 2 is 2.00 bits per heavy atom. The summed E-state index contributed by atoms with van der Waals surface area (Å²) in [5.41, 5.74) is 2.63. The van der Waals surface area contributed by atoms with E-state index in [1.807, 2.05) is 0 Å². The van der Waals surface area contributed by atoms with Crippen LogP contribution in [0.1, 0.15) is 30.4 Å². The molecule has 2 N–H and O–H groups in total. The zero-order valence-electron chi connectivity index (χ0n) is 12.8. The zero-order valence-corrected chi connectivity index (χ0v) is 14.4. The molecule has 0 unspecified atom stereocenters. The molecular weight excluding hydrogens is 304 g/mol. The first-order chi connectivity index (χ1) is 9.65. The Balaban J connectivity index is 0.00000220. The summed E-state index contributed by atoms with van der Waals surface area (Å²) in [4.78, 5) is 13.1. The number of carbonyl (C=O) groups is 1. The minimum Gasteiger partial charge on any atom is -0.353 e. The minimum atomic E-state index is 0. The molecule has 21 heavy (non-hydrogen) atoms. The second-order valence-electron chi connectivity index (χ2n) is 5.44. The molecule has 3 nitrogen and oxygen atoms in total. The van der Waals surface area contributed by atoms with Gasteiger partial charge in [-0.05, 0) is 63.0 Å². The smallest absolute Gasteiger partial charge is 0.221 e. The van der Waals surface area contributed by atoms with Crippen LogP contribution in [0.2, 0.25) is 0 Å². The van der Waals surface area contributed by atoms with E-state index in [0.717, 1.165) is 31.7 Å². The van der Waals surface area contributed by atoms with Crippen molar-refractivity contribution in [2.75, 3.05) is 18.8 Å². The lowest BCUT2D eigenvalue weighted by Gasteiger charge is -2.23. The van der Waals surface area contributed by atoms with Gasteiger partial charge in [-0.1, -0.05) is 6.07 Å². The summed E-state index contributed by atoms with van der Waals surface area (Å²) in [6, 6.07) is 6.85. The van der Waals surface area contributed by atoms with Gasteiger partial charge in [0.05, 0.1) is 0 Å². The lowest BCUT2D eigenvalue weighted by molar-refractivity contribution is -0.121. The van der Waals surface area contributed by atoms with Gasteiger partial charge >= 0.3 is 0 Å². The zero-order chi connectivity index (χ0) is 14.4. The summed E-state index contributed by atoms with van der Waals surface area (Å²) in [5.74, 6) is 1.03. The van der Waals surface area contributed by atoms with E-state index in [9.17, 15) is 4.79 Å². The highest BCUT2D eigenvalue weighted by Gasteiger charge is 2.14. The first-order valence-electron chi connectivity index (χ1n) is 7.35. The van der Waals surface area contributed by atoms with Crippen LogP contribution in [0.25, 0.3) is 0 Å². The second-order valence-corrected chi connectivity index (χ2v) is 6.60. The second kappa shape index (κ2) is 9.34. The van der Waals surface area contributed by atoms with E-state index in [2.05, 4.69) is 42.7 Å². The summed E-state index contributed by atoms with van der Waals surface area (Å²) in [5, 5.41) is 6.44. The molecular formula is C16H25ClN2OS. The quantitative estimate of drug-likeness (QED) is 0.816. The van der Waals surface area contributed by atoms with Crippen LogP contribution >= 0.6 is 24.2 Å². The van der Waals surface area contributed by atoms with Crippen LogP contribution in [0, 0.1) is 13.8 Å². The highest BCUT2D eigenvalue weighted by Crippen LogP contribution is 2.21. The molecule has 1 heterocycles. The van der Waals surface area contributed by atoms with E-state index in [-0.39, 0.29) is 18.3 Å². The maximum Gasteiger partial charge on any atom is 0.221 e. The number of rotatable bonds is 5. The monoisotopic (exact) mass is 328 g/mol. The molecule has 5 heteroatoms. The van der Waals surface area contributed by atoms with Gasteiger partial charge in [0.2, 0.25) is 5.91 Å². The van der Waals surface area contributed by atoms with E-state index in [0.29, 0.717) is 12.5 Å². The van der Waals surface area contributed by atoms with Crippen molar-refractivity contribution < 1.29 is 4.79 Å². The molecule has 2 rings (SSSR count). The van der Waals surface area contributed by atoms with Crippen molar-refractivity contribution in [2.45, 2.75) is 44.0 Å². The molecule has 1 aliphatic heterocycles. The molecule has 0 aliphatic carbocycles. The van der Waals surface area contributed by atoms with Crippen molar-refractivity contribution >= 4 is 30.1 Å². The maximum atomic E-state index is 11.9. The lowest BCUT2D eigenvalue weighted by atomic mass is 10.1. The van der Waals surface area contributed by atoms with E-state index < -0.39 is 0 Å². The largest absolute Gasteiger partial charge is 0.353 e. The first-order valence-corrected chi connectivity index (χ1v) is 8.34. The molecule has 1 aromatic rings. The minimum absolute atomic E-state index is 0. The standard InChI is InChI=1S/C16H24N2OS.ClH/c1-12-3-4-15(11-13(12)2)20-10-7-16(19)18-14-5-8-17-9-6-14;/h3-4,11,14,17H,5-10H2,1-2H3,(H,18,19);1H. The Morgan fingerprint density at radius 1 is 1.29 bits per heavy atom. The van der Waals surface area contributed by atoms with Gasteiger partial charge in [0, 0.05) is 23.1 Å². The number of halogens is 1. The van der Waals surface area contributed by atoms with Crippen molar-refractivity contribution in [1.82, 2.24) is 10.6 Å². The predicted molar refractivity (Wildman–Crippen MR) is 92.5 cm³/mol. The van der Waals surface area contributed by atoms with Crippen molar-refractivity contribution in [1.29, 1.82) is 0 Å². The molecule has 1 saturated heterocycles. The first kappa shape index (κ1) is 18.3. The molecule has 0 bridgehead atoms. The molecule has 0 saturated carbocycles. The Kier molecular flexibility index (Phi) is 8.15. The van der Waals surface area contributed by atoms with Crippen LogP contribution in [0.4, 0.5) is 0 Å². The third-order valence-electron chi connectivity index (χ3n) is 3.78. The molecule has 0 aromatic heterocycles. The predicted octanol–water partition coefficient (Wildman–Crippen LogP) is 3.08. The van der Waals surface area contributed by atoms with Crippen LogP contribution in [0.3, 0.4) is 0 Å². The van der Waals surface area contributed by atoms with Crippen LogP contribution in [0.5, 0.6) is 0 Å². The molecule has 0 spiro atoms. The Morgan fingerprint density at radius 3 is 2.67 bits per heavy atom. The summed E-state index contributed by atoms with van der Waals surface area (Å²) >= 11 is 1.76. The number of hydrogen-bond donors (Lipinski definition) is 2. The lowest BCUT2D eigenvalue weighted by Crippen LogP contribution is -2.42. The third-order valence-corrected chi connectivity index (χ3v) is 4.78. The van der Waals surface area contributed by atoms with Crippen LogP contribution in [0.15, 0.2) is 23.1 Å². The highest BCUT2D eigenvalue weighted by atomic mass is 35.5. The molecule has 0 atom stereocenters. The summed E-state index contributed by atoms with van der Waals surface area (Å²) in [7, 11) is 0. The van der Waals surface area contributed by atoms with Gasteiger partial charge in [0.1, 0.15) is 0 Å². The maximum absolute atomic E-state index is 11.9. The van der Waals surface area contributed by atoms with E-state index in [1.54, 1.807) is 11.8 Å². The fourth-order valence-electron chi connectivity index (χ4n) is 2.33. The fourth-order valence-corrected chi connectivity index (χ4v) is 3.28. The van der Waals surface area contributed by atoms with E-state index in [1.165, 1.54) is 16.0 Å². The number of nitrogens with one attached hydrogen (secondary N) is 2. The number of hydrogen-bond acceptors (Lipinski definition) is 3. The van der Waals surface area contributed by atoms with Gasteiger partial charge in [-0.3, -0.25) is 4.79 Å². The summed E-state index contributed by atoms with van der Waals surface area (Å²) < 4.78 is 0. The average molecular weight is 329 g/mol. The van der Waals surface area contributed by atoms with E-state index in [4.69, 9.17) is 0 Å². The third kappa shape index (κ3) is 6.29. The normalized spacial score (nSPS) is 15.3. The summed E-state index contributed by atoms with van der Waals surface area (Å²) in [6.45, 7) is 6.28. The van der Waals surface area contributed by atoms with Gasteiger partial charge < -0.3 is 10.6 Å². The number of piperidine rings is 1. The van der Waals surface area contributed by atoms with E-state index >= 15 is 0 Å². The highest BCUT2D eigenvalue weighted by molar-refractivity contribution is 7.99. The number of benzene rings is 1. The van der Waals surface area contributed by atoms with Crippen LogP contribution < -0.4 is 10.6 Å². The van der Waals surface area contributed by atoms with Crippen molar-refractivity contribution in [3.05, 3.63) is 29.3 Å². The molecule has 1 fully saturated rings. The van der Waals surface area contributed by atoms with Gasteiger partial charge in [-0.25, -0.2) is 0 Å². The molecule has 1 amide bonds. The Bertz CT molecular complexity index is 462. The van der Waals surface area contributed by atoms with Gasteiger partial charge in [0.25, 0.3) is 0 Å². The molecule has 1 aromatic carbocycles. The average Bonchev–Trinajstić information content (AvgIpc) is 2.44. The van der Waals surface area contributed by atoms with Crippen LogP contribution in [-0.4, -0.2) is 30.8 Å². The number of carbonyl (C=O) groups excluding carboxylic acids is 1. The van der Waals surface area contributed by atoms with Gasteiger partial charge in [-0.2, -0.15) is 0 Å². The fraction of sp³-hybridized carbons (Fsp3) is 0.562. The summed E-state index contributed by atoms with van der Waals surface area (Å²) in [6.07, 6.45) is 2.70. The van der Waals surface area contributed by atoms with Crippen molar-refractivity contribution in [3.63, 3.8) is 0 Å². The molecule has 0 radical (unpaired) electrons. The number of amides is 1. The number of aryl methyl sites for hydroxylation is 2. The van der Waals surface area contributed by atoms with Crippen molar-refractivity contribution in [2.24, 2.45) is 0 Å². The SMILES string of the molecule is Cc1ccc(SCCC(=O)NC2CCNCC2)cc1C.Cl. The number of thioether (sulfide) groups is 1. The van der Waals surface area contributed by atoms with Crippen LogP contribution in [-0.2, 0) is 4.79 Å². The molecule has 118 valence electrons.